The van der Waals surface area contributed by atoms with E-state index in [0.29, 0.717) is 13.2 Å². The second kappa shape index (κ2) is 5.95. The normalized spacial score (nSPS) is 26.8. The van der Waals surface area contributed by atoms with Gasteiger partial charge in [0.2, 0.25) is 11.8 Å². The molecule has 2 amide bonds. The van der Waals surface area contributed by atoms with Crippen LogP contribution >= 0.6 is 0 Å². The molecule has 2 aliphatic rings. The van der Waals surface area contributed by atoms with E-state index >= 15 is 0 Å². The highest BCUT2D eigenvalue weighted by Crippen LogP contribution is 2.31. The Balaban J connectivity index is 2.26. The molecule has 2 aliphatic heterocycles. The van der Waals surface area contributed by atoms with Crippen molar-refractivity contribution in [3.8, 4) is 0 Å². The lowest BCUT2D eigenvalue weighted by Crippen LogP contribution is -2.66. The van der Waals surface area contributed by atoms with Gasteiger partial charge in [-0.1, -0.05) is 13.8 Å². The molecule has 2 saturated heterocycles. The molecule has 0 aromatic rings. The molecule has 2 rings (SSSR count). The van der Waals surface area contributed by atoms with Gasteiger partial charge in [-0.05, 0) is 39.5 Å². The van der Waals surface area contributed by atoms with Crippen LogP contribution in [-0.4, -0.2) is 59.0 Å². The second-order valence-electron chi connectivity index (χ2n) is 7.04. The van der Waals surface area contributed by atoms with Crippen molar-refractivity contribution in [2.45, 2.75) is 65.1 Å². The quantitative estimate of drug-likeness (QED) is 0.775. The van der Waals surface area contributed by atoms with Crippen molar-refractivity contribution in [3.63, 3.8) is 0 Å². The molecule has 0 bridgehead atoms. The number of carbonyl (C=O) groups excluding carboxylic acids is 2. The van der Waals surface area contributed by atoms with E-state index < -0.39 is 5.60 Å². The van der Waals surface area contributed by atoms with Gasteiger partial charge in [-0.3, -0.25) is 9.59 Å². The van der Waals surface area contributed by atoms with Gasteiger partial charge in [0.05, 0.1) is 12.1 Å². The third-order valence-corrected chi connectivity index (χ3v) is 4.41. The zero-order valence-electron chi connectivity index (χ0n) is 13.9. The second-order valence-corrected chi connectivity index (χ2v) is 7.04. The molecule has 0 radical (unpaired) electrons. The monoisotopic (exact) mass is 296 g/mol. The molecule has 0 N–H and O–H groups in total. The van der Waals surface area contributed by atoms with E-state index in [9.17, 15) is 9.59 Å². The Labute approximate surface area is 127 Å². The number of hydrogen-bond donors (Lipinski definition) is 0. The van der Waals surface area contributed by atoms with Gasteiger partial charge >= 0.3 is 0 Å². The van der Waals surface area contributed by atoms with Crippen LogP contribution < -0.4 is 0 Å². The van der Waals surface area contributed by atoms with Crippen molar-refractivity contribution in [1.82, 2.24) is 9.80 Å². The molecule has 2 atom stereocenters. The first kappa shape index (κ1) is 16.3. The van der Waals surface area contributed by atoms with E-state index in [-0.39, 0.29) is 29.8 Å². The van der Waals surface area contributed by atoms with Crippen LogP contribution in [0.3, 0.4) is 0 Å². The van der Waals surface area contributed by atoms with Crippen molar-refractivity contribution < 1.29 is 14.3 Å². The largest absolute Gasteiger partial charge is 0.374 e. The number of piperazine rings is 1. The zero-order valence-corrected chi connectivity index (χ0v) is 13.9. The van der Waals surface area contributed by atoms with Crippen LogP contribution in [0.5, 0.6) is 0 Å². The van der Waals surface area contributed by atoms with Crippen molar-refractivity contribution in [3.05, 3.63) is 0 Å². The summed E-state index contributed by atoms with van der Waals surface area (Å²) in [5.74, 6) is 0.318. The average molecular weight is 296 g/mol. The van der Waals surface area contributed by atoms with Crippen LogP contribution in [0.25, 0.3) is 0 Å². The van der Waals surface area contributed by atoms with Crippen LogP contribution in [0.1, 0.15) is 47.5 Å². The standard InChI is InChI=1S/C16H28N2O3/c1-6-21-16(4,5)10-18-13(11(2)3)15(20)17-9-7-8-12(17)14(18)19/h11-13H,6-10H2,1-5H3. The highest BCUT2D eigenvalue weighted by Gasteiger charge is 2.49. The predicted octanol–water partition coefficient (Wildman–Crippen LogP) is 1.66. The number of ether oxygens (including phenoxy) is 1. The maximum Gasteiger partial charge on any atom is 0.246 e. The smallest absolute Gasteiger partial charge is 0.246 e. The summed E-state index contributed by atoms with van der Waals surface area (Å²) < 4.78 is 5.74. The third kappa shape index (κ3) is 3.07. The fourth-order valence-corrected chi connectivity index (χ4v) is 3.59. The lowest BCUT2D eigenvalue weighted by Gasteiger charge is -2.46. The van der Waals surface area contributed by atoms with Crippen LogP contribution in [0.4, 0.5) is 0 Å². The van der Waals surface area contributed by atoms with Crippen molar-refractivity contribution in [1.29, 1.82) is 0 Å². The summed E-state index contributed by atoms with van der Waals surface area (Å²) in [5.41, 5.74) is -0.432. The first-order valence-electron chi connectivity index (χ1n) is 8.03. The molecule has 0 saturated carbocycles. The molecule has 2 heterocycles. The van der Waals surface area contributed by atoms with Crippen LogP contribution in [-0.2, 0) is 14.3 Å². The molecule has 2 unspecified atom stereocenters. The highest BCUT2D eigenvalue weighted by atomic mass is 16.5. The minimum Gasteiger partial charge on any atom is -0.374 e. The summed E-state index contributed by atoms with van der Waals surface area (Å²) in [6.07, 6.45) is 1.72. The number of hydrogen-bond acceptors (Lipinski definition) is 3. The van der Waals surface area contributed by atoms with E-state index in [1.165, 1.54) is 0 Å². The maximum atomic E-state index is 12.8. The van der Waals surface area contributed by atoms with Crippen LogP contribution in [0, 0.1) is 5.92 Å². The summed E-state index contributed by atoms with van der Waals surface area (Å²) in [7, 11) is 0. The Bertz CT molecular complexity index is 420. The van der Waals surface area contributed by atoms with Gasteiger partial charge in [0, 0.05) is 13.2 Å². The first-order chi connectivity index (χ1) is 9.78. The predicted molar refractivity (Wildman–Crippen MR) is 80.8 cm³/mol. The molecule has 5 nitrogen and oxygen atoms in total. The Morgan fingerprint density at radius 2 is 1.95 bits per heavy atom. The van der Waals surface area contributed by atoms with Gasteiger partial charge in [-0.2, -0.15) is 0 Å². The molecule has 5 heteroatoms. The summed E-state index contributed by atoms with van der Waals surface area (Å²) in [5, 5.41) is 0. The molecule has 0 spiro atoms. The molecule has 2 fully saturated rings. The molecule has 120 valence electrons. The Morgan fingerprint density at radius 1 is 1.29 bits per heavy atom. The fraction of sp³-hybridized carbons (Fsp3) is 0.875. The third-order valence-electron chi connectivity index (χ3n) is 4.41. The van der Waals surface area contributed by atoms with Crippen molar-refractivity contribution in [2.24, 2.45) is 5.92 Å². The maximum absolute atomic E-state index is 12.8. The summed E-state index contributed by atoms with van der Waals surface area (Å²) in [6.45, 7) is 11.7. The van der Waals surface area contributed by atoms with Gasteiger partial charge in [-0.25, -0.2) is 0 Å². The Hall–Kier alpha value is -1.10. The lowest BCUT2D eigenvalue weighted by molar-refractivity contribution is -0.165. The fourth-order valence-electron chi connectivity index (χ4n) is 3.59. The minimum atomic E-state index is -0.432. The molecule has 0 aromatic carbocycles. The van der Waals surface area contributed by atoms with E-state index in [0.717, 1.165) is 19.4 Å². The number of fused-ring (bicyclic) bond motifs is 1. The summed E-state index contributed by atoms with van der Waals surface area (Å²) in [6, 6.07) is -0.600. The van der Waals surface area contributed by atoms with Gasteiger partial charge in [0.15, 0.2) is 0 Å². The lowest BCUT2D eigenvalue weighted by atomic mass is 9.94. The SMILES string of the molecule is CCOC(C)(C)CN1C(=O)C2CCCN2C(=O)C1C(C)C. The van der Waals surface area contributed by atoms with E-state index in [4.69, 9.17) is 4.74 Å². The number of carbonyl (C=O) groups is 2. The number of amides is 2. The molecule has 0 aliphatic carbocycles. The molecule has 21 heavy (non-hydrogen) atoms. The summed E-state index contributed by atoms with van der Waals surface area (Å²) in [4.78, 5) is 29.1. The van der Waals surface area contributed by atoms with Gasteiger partial charge in [0.25, 0.3) is 0 Å². The zero-order chi connectivity index (χ0) is 15.8. The molecular formula is C16H28N2O3. The Morgan fingerprint density at radius 3 is 2.52 bits per heavy atom. The topological polar surface area (TPSA) is 49.9 Å². The summed E-state index contributed by atoms with van der Waals surface area (Å²) >= 11 is 0. The van der Waals surface area contributed by atoms with E-state index in [1.54, 1.807) is 9.80 Å². The van der Waals surface area contributed by atoms with Crippen LogP contribution in [0.2, 0.25) is 0 Å². The van der Waals surface area contributed by atoms with Gasteiger partial charge in [-0.15, -0.1) is 0 Å². The first-order valence-corrected chi connectivity index (χ1v) is 8.03. The minimum absolute atomic E-state index is 0.0959. The van der Waals surface area contributed by atoms with Crippen molar-refractivity contribution in [2.75, 3.05) is 19.7 Å². The average Bonchev–Trinajstić information content (AvgIpc) is 2.84. The van der Waals surface area contributed by atoms with E-state index in [2.05, 4.69) is 0 Å². The number of rotatable bonds is 5. The van der Waals surface area contributed by atoms with Gasteiger partial charge in [0.1, 0.15) is 12.1 Å². The molecular weight excluding hydrogens is 268 g/mol. The van der Waals surface area contributed by atoms with Gasteiger partial charge < -0.3 is 14.5 Å². The Kier molecular flexibility index (Phi) is 4.61. The van der Waals surface area contributed by atoms with Crippen LogP contribution in [0.15, 0.2) is 0 Å². The number of nitrogens with zero attached hydrogens (tertiary/aromatic N) is 2. The van der Waals surface area contributed by atoms with E-state index in [1.807, 2.05) is 34.6 Å². The molecule has 0 aromatic heterocycles. The van der Waals surface area contributed by atoms with Crippen molar-refractivity contribution >= 4 is 11.8 Å². The highest BCUT2D eigenvalue weighted by molar-refractivity contribution is 5.97.